The number of para-hydroxylation sites is 1. The Morgan fingerprint density at radius 2 is 2.04 bits per heavy atom. The van der Waals surface area contributed by atoms with Crippen LogP contribution < -0.4 is 11.1 Å². The van der Waals surface area contributed by atoms with E-state index in [1.54, 1.807) is 12.1 Å². The number of anilines is 1. The predicted octanol–water partition coefficient (Wildman–Crippen LogP) is 3.47. The normalized spacial score (nSPS) is 11.2. The van der Waals surface area contributed by atoms with Gasteiger partial charge in [0.25, 0.3) is 11.6 Å². The summed E-state index contributed by atoms with van der Waals surface area (Å²) in [7, 11) is 0. The van der Waals surface area contributed by atoms with E-state index in [9.17, 15) is 20.2 Å². The Bertz CT molecular complexity index is 919. The number of nitrogens with zero attached hydrogens (tertiary/aromatic N) is 2. The topological polar surface area (TPSA) is 122 Å². The van der Waals surface area contributed by atoms with E-state index in [0.717, 1.165) is 11.3 Å². The lowest BCUT2D eigenvalue weighted by Crippen LogP contribution is -2.17. The summed E-state index contributed by atoms with van der Waals surface area (Å²) >= 11 is 1.18. The second kappa shape index (κ2) is 8.69. The first-order valence-corrected chi connectivity index (χ1v) is 8.54. The Hall–Kier alpha value is -3.31. The van der Waals surface area contributed by atoms with Crippen molar-refractivity contribution >= 4 is 29.0 Å². The average Bonchev–Trinajstić information content (AvgIpc) is 2.61. The van der Waals surface area contributed by atoms with Gasteiger partial charge in [0.1, 0.15) is 11.6 Å². The highest BCUT2D eigenvalue weighted by Crippen LogP contribution is 2.28. The maximum Gasteiger partial charge on any atom is 0.269 e. The van der Waals surface area contributed by atoms with Crippen LogP contribution in [0.5, 0.6) is 0 Å². The summed E-state index contributed by atoms with van der Waals surface area (Å²) in [5.41, 5.74) is 7.46. The molecule has 0 aliphatic carbocycles. The number of hydrogen-bond donors (Lipinski definition) is 2. The molecule has 0 aromatic heterocycles. The molecule has 0 aliphatic heterocycles. The fraction of sp³-hybridized carbons (Fsp3) is 0.111. The standard InChI is InChI=1S/C18H16N4O3S/c1-12-5-2-3-8-16(12)21-18(15(10-19)17(20)23)26-11-13-6-4-7-14(9-13)22(24)25/h2-9,21H,11H2,1H3,(H2,20,23). The molecule has 132 valence electrons. The maximum atomic E-state index is 11.6. The van der Waals surface area contributed by atoms with Gasteiger partial charge in [-0.25, -0.2) is 0 Å². The van der Waals surface area contributed by atoms with E-state index < -0.39 is 10.8 Å². The number of primary amides is 1. The Morgan fingerprint density at radius 1 is 1.31 bits per heavy atom. The van der Waals surface area contributed by atoms with Crippen molar-refractivity contribution in [1.82, 2.24) is 0 Å². The van der Waals surface area contributed by atoms with Crippen molar-refractivity contribution in [3.8, 4) is 6.07 Å². The first-order chi connectivity index (χ1) is 12.4. The lowest BCUT2D eigenvalue weighted by atomic mass is 10.2. The molecule has 2 aromatic rings. The molecule has 0 aliphatic rings. The number of carbonyl (C=O) groups excluding carboxylic acids is 1. The molecule has 0 saturated carbocycles. The van der Waals surface area contributed by atoms with E-state index in [-0.39, 0.29) is 11.3 Å². The summed E-state index contributed by atoms with van der Waals surface area (Å²) in [6.07, 6.45) is 0. The van der Waals surface area contributed by atoms with Crippen LogP contribution in [0, 0.1) is 28.4 Å². The van der Waals surface area contributed by atoms with E-state index in [1.165, 1.54) is 23.9 Å². The highest BCUT2D eigenvalue weighted by Gasteiger charge is 2.15. The van der Waals surface area contributed by atoms with Crippen LogP contribution >= 0.6 is 11.8 Å². The molecule has 2 rings (SSSR count). The molecule has 0 fully saturated rings. The van der Waals surface area contributed by atoms with E-state index in [0.29, 0.717) is 16.3 Å². The molecule has 2 aromatic carbocycles. The summed E-state index contributed by atoms with van der Waals surface area (Å²) in [6, 6.07) is 15.4. The number of rotatable bonds is 7. The summed E-state index contributed by atoms with van der Waals surface area (Å²) in [5.74, 6) is -0.510. The van der Waals surface area contributed by atoms with Gasteiger partial charge in [-0.15, -0.1) is 11.8 Å². The molecule has 26 heavy (non-hydrogen) atoms. The molecule has 0 atom stereocenters. The van der Waals surface area contributed by atoms with Gasteiger partial charge < -0.3 is 11.1 Å². The number of hydrogen-bond acceptors (Lipinski definition) is 6. The van der Waals surface area contributed by atoms with Crippen molar-refractivity contribution < 1.29 is 9.72 Å². The Balaban J connectivity index is 2.30. The van der Waals surface area contributed by atoms with E-state index in [2.05, 4.69) is 5.32 Å². The third-order valence-electron chi connectivity index (χ3n) is 3.48. The van der Waals surface area contributed by atoms with Crippen LogP contribution in [0.1, 0.15) is 11.1 Å². The third kappa shape index (κ3) is 4.84. The zero-order valence-corrected chi connectivity index (χ0v) is 14.7. The quantitative estimate of drug-likeness (QED) is 0.334. The maximum absolute atomic E-state index is 11.6. The number of nitriles is 1. The molecular weight excluding hydrogens is 352 g/mol. The lowest BCUT2D eigenvalue weighted by molar-refractivity contribution is -0.384. The molecule has 0 heterocycles. The number of nitrogens with one attached hydrogen (secondary N) is 1. The number of benzene rings is 2. The largest absolute Gasteiger partial charge is 0.365 e. The van der Waals surface area contributed by atoms with Crippen molar-refractivity contribution in [3.63, 3.8) is 0 Å². The fourth-order valence-electron chi connectivity index (χ4n) is 2.14. The van der Waals surface area contributed by atoms with Gasteiger partial charge in [-0.1, -0.05) is 30.3 Å². The molecule has 0 radical (unpaired) electrons. The monoisotopic (exact) mass is 368 g/mol. The van der Waals surface area contributed by atoms with Gasteiger partial charge in [-0.2, -0.15) is 5.26 Å². The van der Waals surface area contributed by atoms with Crippen molar-refractivity contribution in [2.45, 2.75) is 12.7 Å². The highest BCUT2D eigenvalue weighted by molar-refractivity contribution is 8.02. The third-order valence-corrected chi connectivity index (χ3v) is 4.56. The van der Waals surface area contributed by atoms with Gasteiger partial charge in [0, 0.05) is 23.6 Å². The molecule has 0 saturated heterocycles. The lowest BCUT2D eigenvalue weighted by Gasteiger charge is -2.14. The zero-order chi connectivity index (χ0) is 19.1. The molecular formula is C18H16N4O3S. The zero-order valence-electron chi connectivity index (χ0n) is 13.9. The van der Waals surface area contributed by atoms with Crippen LogP contribution in [0.25, 0.3) is 0 Å². The first-order valence-electron chi connectivity index (χ1n) is 7.55. The van der Waals surface area contributed by atoms with E-state index in [1.807, 2.05) is 37.3 Å². The van der Waals surface area contributed by atoms with E-state index in [4.69, 9.17) is 5.73 Å². The summed E-state index contributed by atoms with van der Waals surface area (Å²) < 4.78 is 0. The molecule has 0 spiro atoms. The van der Waals surface area contributed by atoms with Gasteiger partial charge in [0.05, 0.1) is 9.95 Å². The Labute approximate surface area is 154 Å². The van der Waals surface area contributed by atoms with Crippen molar-refractivity contribution in [2.24, 2.45) is 5.73 Å². The molecule has 8 heteroatoms. The average molecular weight is 368 g/mol. The number of non-ortho nitro benzene ring substituents is 1. The van der Waals surface area contributed by atoms with Crippen molar-refractivity contribution in [3.05, 3.63) is 80.4 Å². The van der Waals surface area contributed by atoms with Crippen molar-refractivity contribution in [2.75, 3.05) is 5.32 Å². The van der Waals surface area contributed by atoms with Gasteiger partial charge >= 0.3 is 0 Å². The molecule has 1 amide bonds. The highest BCUT2D eigenvalue weighted by atomic mass is 32.2. The second-order valence-electron chi connectivity index (χ2n) is 5.34. The fourth-order valence-corrected chi connectivity index (χ4v) is 3.10. The summed E-state index contributed by atoms with van der Waals surface area (Å²) in [5, 5.41) is 23.5. The van der Waals surface area contributed by atoms with Crippen LogP contribution in [0.2, 0.25) is 0 Å². The van der Waals surface area contributed by atoms with Crippen molar-refractivity contribution in [1.29, 1.82) is 5.26 Å². The number of carbonyl (C=O) groups is 1. The minimum atomic E-state index is -0.838. The van der Waals surface area contributed by atoms with Gasteiger partial charge in [0.15, 0.2) is 0 Å². The molecule has 3 N–H and O–H groups in total. The molecule has 7 nitrogen and oxygen atoms in total. The number of nitro groups is 1. The predicted molar refractivity (Wildman–Crippen MR) is 101 cm³/mol. The SMILES string of the molecule is Cc1ccccc1NC(SCc1cccc([N+](=O)[O-])c1)=C(C#N)C(N)=O. The Morgan fingerprint density at radius 3 is 2.65 bits per heavy atom. The van der Waals surface area contributed by atoms with Crippen LogP contribution in [-0.2, 0) is 10.5 Å². The summed E-state index contributed by atoms with van der Waals surface area (Å²) in [6.45, 7) is 1.89. The Kier molecular flexibility index (Phi) is 6.36. The van der Waals surface area contributed by atoms with E-state index >= 15 is 0 Å². The first kappa shape index (κ1) is 19.0. The smallest absolute Gasteiger partial charge is 0.269 e. The number of aryl methyl sites for hydroxylation is 1. The van der Waals surface area contributed by atoms with Gasteiger partial charge in [-0.3, -0.25) is 14.9 Å². The summed E-state index contributed by atoms with van der Waals surface area (Å²) in [4.78, 5) is 22.0. The minimum absolute atomic E-state index is 0.0177. The molecule has 0 unspecified atom stereocenters. The number of amides is 1. The van der Waals surface area contributed by atoms with Crippen LogP contribution in [0.3, 0.4) is 0 Å². The van der Waals surface area contributed by atoms with Crippen LogP contribution in [-0.4, -0.2) is 10.8 Å². The minimum Gasteiger partial charge on any atom is -0.365 e. The number of nitro benzene ring substituents is 1. The number of thioether (sulfide) groups is 1. The van der Waals surface area contributed by atoms with Gasteiger partial charge in [-0.05, 0) is 24.1 Å². The number of nitrogens with two attached hydrogens (primary N) is 1. The molecule has 0 bridgehead atoms. The second-order valence-corrected chi connectivity index (χ2v) is 6.32. The van der Waals surface area contributed by atoms with Crippen LogP contribution in [0.15, 0.2) is 59.1 Å². The van der Waals surface area contributed by atoms with Crippen LogP contribution in [0.4, 0.5) is 11.4 Å². The van der Waals surface area contributed by atoms with Gasteiger partial charge in [0.2, 0.25) is 0 Å².